The summed E-state index contributed by atoms with van der Waals surface area (Å²) < 4.78 is 0. The van der Waals surface area contributed by atoms with Crippen LogP contribution in [0.25, 0.3) is 0 Å². The normalized spacial score (nSPS) is 13.2. The van der Waals surface area contributed by atoms with Gasteiger partial charge in [-0.1, -0.05) is 6.07 Å². The standard InChI is InChI=1S/C16H15N3O4S/c20-15(18-6-4-14-12(10-18)5-7-24-14)9-17-16(21)11-2-1-3-13(8-11)19(22)23/h1-3,5,7-8H,4,6,9-10H2,(H,17,21). The number of carbonyl (C=O) groups excluding carboxylic acids is 2. The lowest BCUT2D eigenvalue weighted by atomic mass is 10.1. The van der Waals surface area contributed by atoms with E-state index < -0.39 is 10.8 Å². The number of rotatable bonds is 4. The van der Waals surface area contributed by atoms with E-state index in [0.29, 0.717) is 13.1 Å². The van der Waals surface area contributed by atoms with Crippen molar-refractivity contribution in [3.8, 4) is 0 Å². The van der Waals surface area contributed by atoms with Crippen molar-refractivity contribution in [3.05, 3.63) is 61.8 Å². The minimum Gasteiger partial charge on any atom is -0.343 e. The van der Waals surface area contributed by atoms with Crippen LogP contribution in [0.2, 0.25) is 0 Å². The van der Waals surface area contributed by atoms with Gasteiger partial charge < -0.3 is 10.2 Å². The summed E-state index contributed by atoms with van der Waals surface area (Å²) in [5.41, 5.74) is 1.16. The molecule has 0 bridgehead atoms. The number of thiophene rings is 1. The Morgan fingerprint density at radius 2 is 2.17 bits per heavy atom. The van der Waals surface area contributed by atoms with Crippen LogP contribution in [0.4, 0.5) is 5.69 Å². The first-order valence-electron chi connectivity index (χ1n) is 7.40. The lowest BCUT2D eigenvalue weighted by Gasteiger charge is -2.27. The van der Waals surface area contributed by atoms with Crippen LogP contribution < -0.4 is 5.32 Å². The highest BCUT2D eigenvalue weighted by Gasteiger charge is 2.22. The molecule has 0 atom stereocenters. The molecule has 24 heavy (non-hydrogen) atoms. The smallest absolute Gasteiger partial charge is 0.270 e. The van der Waals surface area contributed by atoms with Gasteiger partial charge in [0.2, 0.25) is 5.91 Å². The zero-order valence-corrected chi connectivity index (χ0v) is 13.5. The Morgan fingerprint density at radius 3 is 2.96 bits per heavy atom. The van der Waals surface area contributed by atoms with Gasteiger partial charge in [-0.05, 0) is 29.5 Å². The molecule has 0 spiro atoms. The van der Waals surface area contributed by atoms with Crippen molar-refractivity contribution in [2.24, 2.45) is 0 Å². The number of hydrogen-bond acceptors (Lipinski definition) is 5. The zero-order chi connectivity index (χ0) is 17.1. The van der Waals surface area contributed by atoms with Crippen LogP contribution in [0.1, 0.15) is 20.8 Å². The maximum Gasteiger partial charge on any atom is 0.270 e. The van der Waals surface area contributed by atoms with Crippen molar-refractivity contribution in [2.45, 2.75) is 13.0 Å². The molecule has 1 aromatic heterocycles. The van der Waals surface area contributed by atoms with E-state index in [1.165, 1.54) is 29.1 Å². The Morgan fingerprint density at radius 1 is 1.33 bits per heavy atom. The molecule has 0 saturated heterocycles. The van der Waals surface area contributed by atoms with Crippen molar-refractivity contribution in [1.82, 2.24) is 10.2 Å². The largest absolute Gasteiger partial charge is 0.343 e. The van der Waals surface area contributed by atoms with Crippen LogP contribution in [-0.4, -0.2) is 34.7 Å². The van der Waals surface area contributed by atoms with Gasteiger partial charge in [-0.15, -0.1) is 11.3 Å². The lowest BCUT2D eigenvalue weighted by Crippen LogP contribution is -2.42. The van der Waals surface area contributed by atoms with Gasteiger partial charge in [-0.2, -0.15) is 0 Å². The highest BCUT2D eigenvalue weighted by atomic mass is 32.1. The fraction of sp³-hybridized carbons (Fsp3) is 0.250. The van der Waals surface area contributed by atoms with Gasteiger partial charge in [-0.3, -0.25) is 19.7 Å². The molecule has 1 N–H and O–H groups in total. The molecule has 7 nitrogen and oxygen atoms in total. The number of nitro groups is 1. The van der Waals surface area contributed by atoms with Gasteiger partial charge in [0.05, 0.1) is 11.5 Å². The van der Waals surface area contributed by atoms with Gasteiger partial charge in [0, 0.05) is 35.7 Å². The molecular formula is C16H15N3O4S. The lowest BCUT2D eigenvalue weighted by molar-refractivity contribution is -0.384. The van der Waals surface area contributed by atoms with Crippen LogP contribution >= 0.6 is 11.3 Å². The summed E-state index contributed by atoms with van der Waals surface area (Å²) in [6.45, 7) is 1.07. The first-order valence-corrected chi connectivity index (χ1v) is 8.28. The van der Waals surface area contributed by atoms with Gasteiger partial charge >= 0.3 is 0 Å². The molecule has 8 heteroatoms. The molecule has 1 aromatic carbocycles. The first-order chi connectivity index (χ1) is 11.5. The minimum absolute atomic E-state index is 0.124. The quantitative estimate of drug-likeness (QED) is 0.677. The molecule has 0 unspecified atom stereocenters. The van der Waals surface area contributed by atoms with E-state index in [1.54, 1.807) is 16.2 Å². The summed E-state index contributed by atoms with van der Waals surface area (Å²) in [6, 6.07) is 7.44. The van der Waals surface area contributed by atoms with Crippen molar-refractivity contribution in [3.63, 3.8) is 0 Å². The summed E-state index contributed by atoms with van der Waals surface area (Å²) in [7, 11) is 0. The second-order valence-corrected chi connectivity index (χ2v) is 6.43. The predicted octanol–water partition coefficient (Wildman–Crippen LogP) is 1.97. The third kappa shape index (κ3) is 3.43. The summed E-state index contributed by atoms with van der Waals surface area (Å²) in [5, 5.41) is 15.3. The molecule has 0 fully saturated rings. The van der Waals surface area contributed by atoms with Crippen LogP contribution in [0, 0.1) is 10.1 Å². The van der Waals surface area contributed by atoms with Crippen molar-refractivity contribution < 1.29 is 14.5 Å². The number of nitrogens with zero attached hydrogens (tertiary/aromatic N) is 2. The Hall–Kier alpha value is -2.74. The number of carbonyl (C=O) groups is 2. The number of amides is 2. The molecule has 3 rings (SSSR count). The van der Waals surface area contributed by atoms with Crippen molar-refractivity contribution in [2.75, 3.05) is 13.1 Å². The minimum atomic E-state index is -0.561. The number of hydrogen-bond donors (Lipinski definition) is 1. The van der Waals surface area contributed by atoms with Gasteiger partial charge in [0.25, 0.3) is 11.6 Å². The van der Waals surface area contributed by atoms with E-state index in [0.717, 1.165) is 12.0 Å². The monoisotopic (exact) mass is 345 g/mol. The summed E-state index contributed by atoms with van der Waals surface area (Å²) >= 11 is 1.70. The zero-order valence-electron chi connectivity index (χ0n) is 12.7. The average Bonchev–Trinajstić information content (AvgIpc) is 3.07. The van der Waals surface area contributed by atoms with E-state index in [9.17, 15) is 19.7 Å². The molecule has 0 aliphatic carbocycles. The number of benzene rings is 1. The van der Waals surface area contributed by atoms with E-state index >= 15 is 0 Å². The number of fused-ring (bicyclic) bond motifs is 1. The van der Waals surface area contributed by atoms with E-state index in [1.807, 2.05) is 11.4 Å². The molecule has 0 radical (unpaired) electrons. The fourth-order valence-corrected chi connectivity index (χ4v) is 3.48. The molecule has 1 aliphatic heterocycles. The summed E-state index contributed by atoms with van der Waals surface area (Å²) in [4.78, 5) is 37.5. The topological polar surface area (TPSA) is 92.6 Å². The molecule has 2 heterocycles. The van der Waals surface area contributed by atoms with Crippen LogP contribution in [0.3, 0.4) is 0 Å². The third-order valence-corrected chi connectivity index (χ3v) is 4.90. The third-order valence-electron chi connectivity index (χ3n) is 3.88. The summed E-state index contributed by atoms with van der Waals surface area (Å²) in [5.74, 6) is -0.661. The van der Waals surface area contributed by atoms with E-state index in [-0.39, 0.29) is 23.7 Å². The molecule has 124 valence electrons. The maximum atomic E-state index is 12.2. The Bertz CT molecular complexity index is 802. The van der Waals surface area contributed by atoms with Crippen LogP contribution in [0.5, 0.6) is 0 Å². The Labute approximate surface area is 142 Å². The highest BCUT2D eigenvalue weighted by molar-refractivity contribution is 7.10. The molecule has 0 saturated carbocycles. The number of non-ortho nitro benzene ring substituents is 1. The summed E-state index contributed by atoms with van der Waals surface area (Å²) in [6.07, 6.45) is 0.831. The van der Waals surface area contributed by atoms with Crippen LogP contribution in [0.15, 0.2) is 35.7 Å². The van der Waals surface area contributed by atoms with Crippen LogP contribution in [-0.2, 0) is 17.8 Å². The van der Waals surface area contributed by atoms with Gasteiger partial charge in [-0.25, -0.2) is 0 Å². The highest BCUT2D eigenvalue weighted by Crippen LogP contribution is 2.23. The second kappa shape index (κ2) is 6.79. The first kappa shape index (κ1) is 16.1. The molecular weight excluding hydrogens is 330 g/mol. The predicted molar refractivity (Wildman–Crippen MR) is 88.9 cm³/mol. The second-order valence-electron chi connectivity index (χ2n) is 5.42. The maximum absolute atomic E-state index is 12.2. The van der Waals surface area contributed by atoms with Gasteiger partial charge in [0.15, 0.2) is 0 Å². The van der Waals surface area contributed by atoms with E-state index in [2.05, 4.69) is 5.32 Å². The number of nitrogens with one attached hydrogen (secondary N) is 1. The molecule has 2 aromatic rings. The van der Waals surface area contributed by atoms with E-state index in [4.69, 9.17) is 0 Å². The average molecular weight is 345 g/mol. The Kier molecular flexibility index (Phi) is 4.57. The number of nitro benzene ring substituents is 1. The van der Waals surface area contributed by atoms with Crippen molar-refractivity contribution in [1.29, 1.82) is 0 Å². The SMILES string of the molecule is O=C(NCC(=O)N1CCc2sccc2C1)c1cccc([N+](=O)[O-])c1. The molecule has 1 aliphatic rings. The Balaban J connectivity index is 1.57. The fourth-order valence-electron chi connectivity index (χ4n) is 2.59. The van der Waals surface area contributed by atoms with Crippen molar-refractivity contribution >= 4 is 28.8 Å². The molecule has 2 amide bonds. The van der Waals surface area contributed by atoms with Gasteiger partial charge in [0.1, 0.15) is 0 Å².